The number of aromatic nitrogens is 3. The normalized spacial score (nSPS) is 12.5. The number of benzene rings is 2. The van der Waals surface area contributed by atoms with Crippen molar-refractivity contribution in [3.63, 3.8) is 0 Å². The number of rotatable bonds is 5. The van der Waals surface area contributed by atoms with E-state index in [0.717, 1.165) is 4.68 Å². The van der Waals surface area contributed by atoms with E-state index in [1.54, 1.807) is 41.3 Å². The van der Waals surface area contributed by atoms with Crippen LogP contribution in [0.5, 0.6) is 5.75 Å². The first-order chi connectivity index (χ1) is 14.5. The SMILES string of the molecule is COc1cccc(NC(=O)Cn2nc3n(c(=O)c2=O)CCN3c2ccc(F)cc2)c1. The summed E-state index contributed by atoms with van der Waals surface area (Å²) in [5, 5.41) is 6.87. The van der Waals surface area contributed by atoms with E-state index in [1.165, 1.54) is 23.8 Å². The minimum atomic E-state index is -0.888. The zero-order valence-electron chi connectivity index (χ0n) is 16.0. The summed E-state index contributed by atoms with van der Waals surface area (Å²) in [6.07, 6.45) is 0. The molecule has 1 amide bonds. The Hall–Kier alpha value is -3.95. The van der Waals surface area contributed by atoms with E-state index in [9.17, 15) is 18.8 Å². The summed E-state index contributed by atoms with van der Waals surface area (Å²) >= 11 is 0. The summed E-state index contributed by atoms with van der Waals surface area (Å²) < 4.78 is 20.4. The molecule has 0 aliphatic carbocycles. The van der Waals surface area contributed by atoms with Gasteiger partial charge in [-0.15, -0.1) is 5.10 Å². The lowest BCUT2D eigenvalue weighted by Gasteiger charge is -2.17. The molecule has 3 aromatic rings. The first kappa shape index (κ1) is 19.4. The highest BCUT2D eigenvalue weighted by Crippen LogP contribution is 2.26. The van der Waals surface area contributed by atoms with Crippen LogP contribution in [0.4, 0.5) is 21.7 Å². The number of nitrogens with zero attached hydrogens (tertiary/aromatic N) is 4. The van der Waals surface area contributed by atoms with E-state index in [0.29, 0.717) is 23.7 Å². The van der Waals surface area contributed by atoms with Gasteiger partial charge < -0.3 is 15.0 Å². The van der Waals surface area contributed by atoms with Gasteiger partial charge in [0, 0.05) is 30.5 Å². The van der Waals surface area contributed by atoms with Gasteiger partial charge in [-0.3, -0.25) is 19.0 Å². The van der Waals surface area contributed by atoms with Gasteiger partial charge in [0.05, 0.1) is 7.11 Å². The van der Waals surface area contributed by atoms with Gasteiger partial charge in [0.1, 0.15) is 18.1 Å². The van der Waals surface area contributed by atoms with Crippen LogP contribution < -0.4 is 26.1 Å². The summed E-state index contributed by atoms with van der Waals surface area (Å²) in [7, 11) is 1.51. The van der Waals surface area contributed by atoms with Gasteiger partial charge in [-0.2, -0.15) is 0 Å². The third kappa shape index (κ3) is 3.66. The monoisotopic (exact) mass is 411 g/mol. The molecule has 0 unspecified atom stereocenters. The van der Waals surface area contributed by atoms with Gasteiger partial charge in [0.15, 0.2) is 0 Å². The average molecular weight is 411 g/mol. The molecule has 2 aromatic carbocycles. The van der Waals surface area contributed by atoms with Crippen molar-refractivity contribution in [1.29, 1.82) is 0 Å². The van der Waals surface area contributed by atoms with Crippen LogP contribution >= 0.6 is 0 Å². The number of nitrogens with one attached hydrogen (secondary N) is 1. The molecule has 9 nitrogen and oxygen atoms in total. The number of halogens is 1. The molecule has 1 N–H and O–H groups in total. The lowest BCUT2D eigenvalue weighted by atomic mass is 10.3. The first-order valence-corrected chi connectivity index (χ1v) is 9.15. The number of methoxy groups -OCH3 is 1. The number of ether oxygens (including phenoxy) is 1. The third-order valence-electron chi connectivity index (χ3n) is 4.69. The third-order valence-corrected chi connectivity index (χ3v) is 4.69. The van der Waals surface area contributed by atoms with Gasteiger partial charge >= 0.3 is 11.1 Å². The smallest absolute Gasteiger partial charge is 0.333 e. The summed E-state index contributed by atoms with van der Waals surface area (Å²) in [5.41, 5.74) is -0.543. The zero-order chi connectivity index (χ0) is 21.3. The lowest BCUT2D eigenvalue weighted by Crippen LogP contribution is -2.44. The van der Waals surface area contributed by atoms with E-state index in [-0.39, 0.29) is 18.3 Å². The van der Waals surface area contributed by atoms with Crippen molar-refractivity contribution in [1.82, 2.24) is 14.3 Å². The molecule has 2 heterocycles. The molecule has 30 heavy (non-hydrogen) atoms. The van der Waals surface area contributed by atoms with Crippen molar-refractivity contribution in [3.05, 3.63) is 75.1 Å². The maximum absolute atomic E-state index is 13.2. The van der Waals surface area contributed by atoms with Crippen LogP contribution in [0.1, 0.15) is 0 Å². The number of amides is 1. The molecule has 0 fully saturated rings. The Labute approximate surface area is 169 Å². The van der Waals surface area contributed by atoms with Crippen molar-refractivity contribution in [2.75, 3.05) is 23.9 Å². The molecule has 1 aliphatic heterocycles. The van der Waals surface area contributed by atoms with Gasteiger partial charge in [-0.25, -0.2) is 9.07 Å². The molecule has 0 saturated heterocycles. The van der Waals surface area contributed by atoms with E-state index < -0.39 is 23.6 Å². The zero-order valence-corrected chi connectivity index (χ0v) is 16.0. The second kappa shape index (κ2) is 7.82. The highest BCUT2D eigenvalue weighted by atomic mass is 19.1. The number of hydrogen-bond acceptors (Lipinski definition) is 6. The Bertz CT molecular complexity index is 1220. The number of carbonyl (C=O) groups excluding carboxylic acids is 1. The largest absolute Gasteiger partial charge is 0.497 e. The van der Waals surface area contributed by atoms with Crippen molar-refractivity contribution in [3.8, 4) is 5.75 Å². The second-order valence-corrected chi connectivity index (χ2v) is 6.63. The molecule has 0 atom stereocenters. The Kier molecular flexibility index (Phi) is 5.05. The Morgan fingerprint density at radius 3 is 2.63 bits per heavy atom. The van der Waals surface area contributed by atoms with Crippen molar-refractivity contribution >= 4 is 23.2 Å². The Morgan fingerprint density at radius 2 is 1.90 bits per heavy atom. The second-order valence-electron chi connectivity index (χ2n) is 6.63. The molecule has 4 rings (SSSR count). The topological polar surface area (TPSA) is 98.5 Å². The van der Waals surface area contributed by atoms with Gasteiger partial charge in [-0.05, 0) is 36.4 Å². The van der Waals surface area contributed by atoms with Crippen LogP contribution in [0.2, 0.25) is 0 Å². The predicted molar refractivity (Wildman–Crippen MR) is 108 cm³/mol. The molecular weight excluding hydrogens is 393 g/mol. The van der Waals surface area contributed by atoms with Gasteiger partial charge in [-0.1, -0.05) is 6.07 Å². The Morgan fingerprint density at radius 1 is 1.13 bits per heavy atom. The van der Waals surface area contributed by atoms with Crippen LogP contribution in [0.15, 0.2) is 58.1 Å². The molecular formula is C20H18FN5O4. The van der Waals surface area contributed by atoms with Crippen LogP contribution in [-0.2, 0) is 17.9 Å². The average Bonchev–Trinajstić information content (AvgIpc) is 3.16. The summed E-state index contributed by atoms with van der Waals surface area (Å²) in [5.74, 6) is -0.120. The fourth-order valence-corrected chi connectivity index (χ4v) is 3.24. The first-order valence-electron chi connectivity index (χ1n) is 9.15. The summed E-state index contributed by atoms with van der Waals surface area (Å²) in [4.78, 5) is 39.0. The maximum atomic E-state index is 13.2. The molecule has 1 aromatic heterocycles. The fourth-order valence-electron chi connectivity index (χ4n) is 3.24. The number of anilines is 3. The molecule has 0 saturated carbocycles. The minimum absolute atomic E-state index is 0.223. The molecule has 0 spiro atoms. The van der Waals surface area contributed by atoms with E-state index in [2.05, 4.69) is 10.4 Å². The quantitative estimate of drug-likeness (QED) is 0.637. The van der Waals surface area contributed by atoms with E-state index in [4.69, 9.17) is 4.74 Å². The molecule has 0 radical (unpaired) electrons. The summed E-state index contributed by atoms with van der Waals surface area (Å²) in [6.45, 7) is 0.230. The maximum Gasteiger partial charge on any atom is 0.333 e. The minimum Gasteiger partial charge on any atom is -0.497 e. The van der Waals surface area contributed by atoms with Gasteiger partial charge in [0.25, 0.3) is 0 Å². The van der Waals surface area contributed by atoms with Crippen molar-refractivity contribution < 1.29 is 13.9 Å². The van der Waals surface area contributed by atoms with E-state index in [1.807, 2.05) is 0 Å². The molecule has 1 aliphatic rings. The van der Waals surface area contributed by atoms with Crippen LogP contribution in [0.3, 0.4) is 0 Å². The molecule has 10 heteroatoms. The standard InChI is InChI=1S/C20H18FN5O4/c1-30-16-4-2-3-14(11-16)22-17(27)12-26-19(29)18(28)25-10-9-24(20(25)23-26)15-7-5-13(21)6-8-15/h2-8,11H,9-10,12H2,1H3,(H,22,27). The van der Waals surface area contributed by atoms with Crippen LogP contribution in [-0.4, -0.2) is 33.9 Å². The van der Waals surface area contributed by atoms with Crippen molar-refractivity contribution in [2.24, 2.45) is 0 Å². The Balaban J connectivity index is 1.61. The highest BCUT2D eigenvalue weighted by Gasteiger charge is 2.26. The number of carbonyl (C=O) groups is 1. The number of fused-ring (bicyclic) bond motifs is 1. The van der Waals surface area contributed by atoms with Crippen LogP contribution in [0.25, 0.3) is 0 Å². The predicted octanol–water partition coefficient (Wildman–Crippen LogP) is 1.34. The van der Waals surface area contributed by atoms with Crippen LogP contribution in [0, 0.1) is 5.82 Å². The number of hydrogen-bond donors (Lipinski definition) is 1. The highest BCUT2D eigenvalue weighted by molar-refractivity contribution is 5.90. The lowest BCUT2D eigenvalue weighted by molar-refractivity contribution is -0.117. The van der Waals surface area contributed by atoms with Gasteiger partial charge in [0.2, 0.25) is 11.9 Å². The molecule has 0 bridgehead atoms. The molecule has 154 valence electrons. The fraction of sp³-hybridized carbons (Fsp3) is 0.200. The summed E-state index contributed by atoms with van der Waals surface area (Å²) in [6, 6.07) is 12.5. The van der Waals surface area contributed by atoms with E-state index >= 15 is 0 Å². The van der Waals surface area contributed by atoms with Crippen molar-refractivity contribution in [2.45, 2.75) is 13.1 Å².